The number of fused-ring (bicyclic) bond motifs is 1. The van der Waals surface area contributed by atoms with E-state index < -0.39 is 34.6 Å². The zero-order valence-electron chi connectivity index (χ0n) is 13.8. The Balaban J connectivity index is 2.47. The van der Waals surface area contributed by atoms with Crippen molar-refractivity contribution >= 4 is 17.7 Å². The van der Waals surface area contributed by atoms with Crippen molar-refractivity contribution in [3.8, 4) is 5.75 Å². The van der Waals surface area contributed by atoms with Crippen LogP contribution in [0.25, 0.3) is 0 Å². The maximum absolute atomic E-state index is 12.5. The number of carbonyl (C=O) groups excluding carboxylic acids is 2. The van der Waals surface area contributed by atoms with Gasteiger partial charge < -0.3 is 14.8 Å². The maximum atomic E-state index is 12.5. The first-order chi connectivity index (χ1) is 11.1. The lowest BCUT2D eigenvalue weighted by molar-refractivity contribution is -0.488. The van der Waals surface area contributed by atoms with E-state index >= 15 is 0 Å². The van der Waals surface area contributed by atoms with Crippen molar-refractivity contribution in [1.29, 1.82) is 0 Å². The van der Waals surface area contributed by atoms with Gasteiger partial charge in [0.15, 0.2) is 0 Å². The summed E-state index contributed by atoms with van der Waals surface area (Å²) in [6, 6.07) is 4.65. The molecule has 0 saturated carbocycles. The normalized spacial score (nSPS) is 19.2. The van der Waals surface area contributed by atoms with E-state index in [4.69, 9.17) is 9.47 Å². The number of anilines is 1. The van der Waals surface area contributed by atoms with Crippen molar-refractivity contribution in [2.24, 2.45) is 0 Å². The summed E-state index contributed by atoms with van der Waals surface area (Å²) in [6.07, 6.45) is -0.921. The first-order valence-electron chi connectivity index (χ1n) is 7.20. The largest absolute Gasteiger partial charge is 0.497 e. The van der Waals surface area contributed by atoms with Crippen LogP contribution in [0, 0.1) is 10.1 Å². The highest BCUT2D eigenvalue weighted by Gasteiger charge is 2.53. The number of rotatable bonds is 4. The number of benzene rings is 1. The smallest absolute Gasteiger partial charge is 0.408 e. The molecule has 9 nitrogen and oxygen atoms in total. The van der Waals surface area contributed by atoms with Crippen LogP contribution in [0.2, 0.25) is 0 Å². The zero-order chi connectivity index (χ0) is 18.1. The summed E-state index contributed by atoms with van der Waals surface area (Å²) in [6.45, 7) is 4.13. The number of nitrogens with one attached hydrogen (secondary N) is 2. The van der Waals surface area contributed by atoms with E-state index in [2.05, 4.69) is 10.6 Å². The van der Waals surface area contributed by atoms with Gasteiger partial charge in [0.2, 0.25) is 12.1 Å². The average Bonchev–Trinajstić information content (AvgIpc) is 2.68. The summed E-state index contributed by atoms with van der Waals surface area (Å²) in [7, 11) is 1.43. The summed E-state index contributed by atoms with van der Waals surface area (Å²) in [5.41, 5.74) is -2.05. The van der Waals surface area contributed by atoms with Crippen molar-refractivity contribution in [3.63, 3.8) is 0 Å². The van der Waals surface area contributed by atoms with Crippen LogP contribution in [-0.4, -0.2) is 36.2 Å². The highest BCUT2D eigenvalue weighted by molar-refractivity contribution is 6.07. The van der Waals surface area contributed by atoms with Crippen LogP contribution >= 0.6 is 0 Å². The number of ether oxygens (including phenoxy) is 2. The van der Waals surface area contributed by atoms with Gasteiger partial charge in [-0.25, -0.2) is 4.79 Å². The molecule has 0 saturated heterocycles. The van der Waals surface area contributed by atoms with Crippen LogP contribution in [0.4, 0.5) is 10.5 Å². The minimum Gasteiger partial charge on any atom is -0.497 e. The van der Waals surface area contributed by atoms with Crippen LogP contribution < -0.4 is 15.4 Å². The topological polar surface area (TPSA) is 120 Å². The Labute approximate surface area is 138 Å². The molecular weight excluding hydrogens is 318 g/mol. The minimum atomic E-state index is -1.87. The predicted molar refractivity (Wildman–Crippen MR) is 84.5 cm³/mol. The SMILES string of the molecule is COc1ccc2c(c1)[C@@](C[N+](=O)[O-])(NC(=O)OC(C)(C)C)C(=O)N2. The van der Waals surface area contributed by atoms with E-state index in [0.717, 1.165) is 0 Å². The summed E-state index contributed by atoms with van der Waals surface area (Å²) < 4.78 is 10.2. The second-order valence-corrected chi connectivity index (χ2v) is 6.39. The number of nitro groups is 1. The summed E-state index contributed by atoms with van der Waals surface area (Å²) in [4.78, 5) is 35.1. The van der Waals surface area contributed by atoms with Gasteiger partial charge in [-0.1, -0.05) is 0 Å². The molecule has 0 aromatic heterocycles. The molecule has 0 radical (unpaired) electrons. The van der Waals surface area contributed by atoms with Gasteiger partial charge in [-0.05, 0) is 39.0 Å². The Bertz CT molecular complexity index is 697. The third-order valence-electron chi connectivity index (χ3n) is 3.40. The summed E-state index contributed by atoms with van der Waals surface area (Å²) >= 11 is 0. The van der Waals surface area contributed by atoms with Gasteiger partial charge in [0.1, 0.15) is 11.4 Å². The van der Waals surface area contributed by atoms with Crippen LogP contribution in [0.3, 0.4) is 0 Å². The van der Waals surface area contributed by atoms with Crippen molar-refractivity contribution in [2.75, 3.05) is 19.0 Å². The first kappa shape index (κ1) is 17.5. The molecule has 130 valence electrons. The second kappa shape index (κ2) is 5.99. The van der Waals surface area contributed by atoms with Crippen LogP contribution in [-0.2, 0) is 15.1 Å². The first-order valence-corrected chi connectivity index (χ1v) is 7.20. The standard InChI is InChI=1S/C15H19N3O6/c1-14(2,3)24-13(20)17-15(8-18(21)22)10-7-9(23-4)5-6-11(10)16-12(15)19/h5-7H,8H2,1-4H3,(H,16,19)(H,17,20)/t15-/m1/s1. The molecule has 1 aromatic carbocycles. The molecule has 0 fully saturated rings. The predicted octanol–water partition coefficient (Wildman–Crippen LogP) is 1.64. The van der Waals surface area contributed by atoms with Crippen molar-refractivity contribution < 1.29 is 24.0 Å². The number of nitrogens with zero attached hydrogens (tertiary/aromatic N) is 1. The molecule has 1 atom stereocenters. The third kappa shape index (κ3) is 3.39. The van der Waals surface area contributed by atoms with Gasteiger partial charge >= 0.3 is 6.09 Å². The average molecular weight is 337 g/mol. The zero-order valence-corrected chi connectivity index (χ0v) is 13.8. The van der Waals surface area contributed by atoms with E-state index in [1.807, 2.05) is 0 Å². The van der Waals surface area contributed by atoms with E-state index in [-0.39, 0.29) is 5.56 Å². The maximum Gasteiger partial charge on any atom is 0.408 e. The molecule has 2 rings (SSSR count). The molecule has 24 heavy (non-hydrogen) atoms. The Morgan fingerprint density at radius 1 is 1.42 bits per heavy atom. The van der Waals surface area contributed by atoms with E-state index in [9.17, 15) is 19.7 Å². The lowest BCUT2D eigenvalue weighted by Gasteiger charge is -2.27. The third-order valence-corrected chi connectivity index (χ3v) is 3.40. The van der Waals surface area contributed by atoms with Crippen LogP contribution in [0.15, 0.2) is 18.2 Å². The Hall–Kier alpha value is -2.84. The fraction of sp³-hybridized carbons (Fsp3) is 0.467. The van der Waals surface area contributed by atoms with Gasteiger partial charge in [-0.15, -0.1) is 0 Å². The van der Waals surface area contributed by atoms with Crippen molar-refractivity contribution in [2.45, 2.75) is 31.9 Å². The Kier molecular flexibility index (Phi) is 4.37. The molecule has 0 aliphatic carbocycles. The molecular formula is C15H19N3O6. The van der Waals surface area contributed by atoms with E-state index in [0.29, 0.717) is 11.4 Å². The Morgan fingerprint density at radius 3 is 2.62 bits per heavy atom. The molecule has 1 aliphatic rings. The lowest BCUT2D eigenvalue weighted by Crippen LogP contribution is -2.56. The monoisotopic (exact) mass is 337 g/mol. The van der Waals surface area contributed by atoms with Crippen LogP contribution in [0.1, 0.15) is 26.3 Å². The van der Waals surface area contributed by atoms with Crippen LogP contribution in [0.5, 0.6) is 5.75 Å². The molecule has 9 heteroatoms. The summed E-state index contributed by atoms with van der Waals surface area (Å²) in [5, 5.41) is 16.1. The fourth-order valence-electron chi connectivity index (χ4n) is 2.46. The number of amides is 2. The minimum absolute atomic E-state index is 0.259. The number of hydrogen-bond acceptors (Lipinski definition) is 6. The molecule has 0 unspecified atom stereocenters. The lowest BCUT2D eigenvalue weighted by atomic mass is 9.91. The van der Waals surface area contributed by atoms with Crippen molar-refractivity contribution in [3.05, 3.63) is 33.9 Å². The van der Waals surface area contributed by atoms with Gasteiger partial charge in [0.25, 0.3) is 5.91 Å². The summed E-state index contributed by atoms with van der Waals surface area (Å²) in [5.74, 6) is -0.294. The second-order valence-electron chi connectivity index (χ2n) is 6.39. The quantitative estimate of drug-likeness (QED) is 0.636. The van der Waals surface area contributed by atoms with Gasteiger partial charge in [-0.3, -0.25) is 20.2 Å². The molecule has 0 spiro atoms. The number of methoxy groups -OCH3 is 1. The van der Waals surface area contributed by atoms with E-state index in [1.54, 1.807) is 32.9 Å². The van der Waals surface area contributed by atoms with Gasteiger partial charge in [0.05, 0.1) is 7.11 Å². The number of carbonyl (C=O) groups is 2. The molecule has 1 aromatic rings. The molecule has 1 aliphatic heterocycles. The number of alkyl carbamates (subject to hydrolysis) is 1. The van der Waals surface area contributed by atoms with Gasteiger partial charge in [-0.2, -0.15) is 0 Å². The van der Waals surface area contributed by atoms with Crippen molar-refractivity contribution in [1.82, 2.24) is 5.32 Å². The number of hydrogen-bond donors (Lipinski definition) is 2. The van der Waals surface area contributed by atoms with Gasteiger partial charge in [0, 0.05) is 16.2 Å². The highest BCUT2D eigenvalue weighted by Crippen LogP contribution is 2.38. The highest BCUT2D eigenvalue weighted by atomic mass is 16.6. The molecule has 1 heterocycles. The molecule has 0 bridgehead atoms. The molecule has 2 amide bonds. The van der Waals surface area contributed by atoms with E-state index in [1.165, 1.54) is 13.2 Å². The fourth-order valence-corrected chi connectivity index (χ4v) is 2.46. The molecule has 2 N–H and O–H groups in total. The Morgan fingerprint density at radius 2 is 2.08 bits per heavy atom.